The molecule has 1 heterocycles. The number of hydrogen-bond donors (Lipinski definition) is 3. The number of methoxy groups -OCH3 is 1. The van der Waals surface area contributed by atoms with Gasteiger partial charge in [0, 0.05) is 42.5 Å². The van der Waals surface area contributed by atoms with E-state index in [4.69, 9.17) is 9.47 Å². The van der Waals surface area contributed by atoms with Crippen molar-refractivity contribution in [3.05, 3.63) is 48.0 Å². The van der Waals surface area contributed by atoms with E-state index >= 15 is 0 Å². The van der Waals surface area contributed by atoms with Gasteiger partial charge < -0.3 is 35.0 Å². The van der Waals surface area contributed by atoms with Crippen molar-refractivity contribution >= 4 is 23.3 Å². The number of amides is 3. The van der Waals surface area contributed by atoms with E-state index in [-0.39, 0.29) is 37.0 Å². The molecule has 0 aromatic heterocycles. The molecule has 0 unspecified atom stereocenters. The molecule has 2 aliphatic rings. The van der Waals surface area contributed by atoms with Crippen LogP contribution in [0.15, 0.2) is 42.5 Å². The monoisotopic (exact) mass is 524 g/mol. The number of ether oxygens (including phenoxy) is 2. The predicted molar refractivity (Wildman–Crippen MR) is 148 cm³/mol. The van der Waals surface area contributed by atoms with Crippen molar-refractivity contribution in [2.45, 2.75) is 45.3 Å². The molecule has 3 atom stereocenters. The molecule has 2 aromatic rings. The van der Waals surface area contributed by atoms with Crippen molar-refractivity contribution in [3.63, 3.8) is 0 Å². The summed E-state index contributed by atoms with van der Waals surface area (Å²) in [5, 5.41) is 15.5. The number of carbonyl (C=O) groups is 2. The summed E-state index contributed by atoms with van der Waals surface area (Å²) in [4.78, 5) is 30.1. The van der Waals surface area contributed by atoms with Gasteiger partial charge in [-0.05, 0) is 75.2 Å². The van der Waals surface area contributed by atoms with Gasteiger partial charge in [0.1, 0.15) is 17.6 Å². The van der Waals surface area contributed by atoms with Crippen LogP contribution in [0.1, 0.15) is 32.3 Å². The number of likely N-dealkylation sites (N-methyl/N-ethyl adjacent to an activating group) is 1. The minimum Gasteiger partial charge on any atom is -0.497 e. The van der Waals surface area contributed by atoms with Gasteiger partial charge in [-0.2, -0.15) is 0 Å². The van der Waals surface area contributed by atoms with E-state index in [9.17, 15) is 14.7 Å². The van der Waals surface area contributed by atoms with Crippen LogP contribution in [-0.2, 0) is 11.2 Å². The maximum absolute atomic E-state index is 13.4. The van der Waals surface area contributed by atoms with Gasteiger partial charge in [0.15, 0.2) is 0 Å². The quantitative estimate of drug-likeness (QED) is 0.461. The third kappa shape index (κ3) is 7.39. The van der Waals surface area contributed by atoms with E-state index in [1.807, 2.05) is 13.0 Å². The summed E-state index contributed by atoms with van der Waals surface area (Å²) in [5.41, 5.74) is 1.89. The molecule has 0 radical (unpaired) electrons. The first-order chi connectivity index (χ1) is 18.2. The lowest BCUT2D eigenvalue weighted by molar-refractivity contribution is -0.134. The maximum atomic E-state index is 13.4. The van der Waals surface area contributed by atoms with E-state index in [0.717, 1.165) is 19.0 Å². The second kappa shape index (κ2) is 12.5. The Balaban J connectivity index is 1.53. The number of aliphatic hydroxyl groups is 1. The maximum Gasteiger partial charge on any atom is 0.323 e. The number of nitrogens with one attached hydrogen (secondary N) is 2. The fraction of sp³-hybridized carbons (Fsp3) is 0.517. The highest BCUT2D eigenvalue weighted by Crippen LogP contribution is 2.31. The second-order valence-electron chi connectivity index (χ2n) is 10.7. The molecular formula is C29H40N4O5. The summed E-state index contributed by atoms with van der Waals surface area (Å²) in [7, 11) is 3.71. The summed E-state index contributed by atoms with van der Waals surface area (Å²) in [6, 6.07) is 11.8. The normalized spacial score (nSPS) is 20.5. The number of aliphatic hydroxyl groups excluding tert-OH is 1. The minimum atomic E-state index is -0.394. The molecule has 206 valence electrons. The van der Waals surface area contributed by atoms with Crippen LogP contribution in [-0.4, -0.2) is 79.4 Å². The van der Waals surface area contributed by atoms with Crippen molar-refractivity contribution in [1.29, 1.82) is 0 Å². The predicted octanol–water partition coefficient (Wildman–Crippen LogP) is 3.83. The molecule has 3 N–H and O–H groups in total. The Morgan fingerprint density at radius 3 is 2.50 bits per heavy atom. The van der Waals surface area contributed by atoms with Crippen molar-refractivity contribution < 1.29 is 24.2 Å². The van der Waals surface area contributed by atoms with E-state index in [0.29, 0.717) is 35.0 Å². The first-order valence-electron chi connectivity index (χ1n) is 13.4. The summed E-state index contributed by atoms with van der Waals surface area (Å²) < 4.78 is 11.7. The second-order valence-corrected chi connectivity index (χ2v) is 10.7. The fourth-order valence-corrected chi connectivity index (χ4v) is 4.82. The van der Waals surface area contributed by atoms with Crippen molar-refractivity contribution in [2.24, 2.45) is 11.8 Å². The van der Waals surface area contributed by atoms with Crippen molar-refractivity contribution in [3.8, 4) is 11.5 Å². The zero-order valence-electron chi connectivity index (χ0n) is 22.8. The summed E-state index contributed by atoms with van der Waals surface area (Å²) in [5.74, 6) is 2.11. The lowest BCUT2D eigenvalue weighted by Crippen LogP contribution is -2.47. The Labute approximate surface area is 225 Å². The number of rotatable bonds is 9. The molecule has 0 spiro atoms. The fourth-order valence-electron chi connectivity index (χ4n) is 4.82. The van der Waals surface area contributed by atoms with Crippen LogP contribution in [0.3, 0.4) is 0 Å². The highest BCUT2D eigenvalue weighted by atomic mass is 16.5. The van der Waals surface area contributed by atoms with E-state index in [1.165, 1.54) is 12.8 Å². The SMILES string of the molecule is COc1ccc(NC(=O)Nc2ccc3c(c2)CC(=O)N([C@H](C)CO)C[C@@H](C)[C@H](CN(C)CC2CC2)O3)cc1. The van der Waals surface area contributed by atoms with Gasteiger partial charge in [-0.15, -0.1) is 0 Å². The molecule has 1 aliphatic carbocycles. The molecule has 1 saturated carbocycles. The molecule has 0 bridgehead atoms. The van der Waals surface area contributed by atoms with E-state index in [2.05, 4.69) is 29.5 Å². The largest absolute Gasteiger partial charge is 0.497 e. The van der Waals surface area contributed by atoms with Gasteiger partial charge in [0.2, 0.25) is 5.91 Å². The Hall–Kier alpha value is -3.30. The van der Waals surface area contributed by atoms with E-state index in [1.54, 1.807) is 48.4 Å². The molecule has 0 saturated heterocycles. The highest BCUT2D eigenvalue weighted by molar-refractivity contribution is 6.00. The number of anilines is 2. The third-order valence-corrected chi connectivity index (χ3v) is 7.28. The lowest BCUT2D eigenvalue weighted by atomic mass is 10.0. The van der Waals surface area contributed by atoms with Crippen LogP contribution < -0.4 is 20.1 Å². The number of benzene rings is 2. The van der Waals surface area contributed by atoms with Gasteiger partial charge in [-0.25, -0.2) is 4.79 Å². The Morgan fingerprint density at radius 2 is 1.84 bits per heavy atom. The molecule has 1 fully saturated rings. The molecule has 1 aliphatic heterocycles. The van der Waals surface area contributed by atoms with Crippen molar-refractivity contribution in [2.75, 3.05) is 51.0 Å². The molecule has 2 aromatic carbocycles. The Morgan fingerprint density at radius 1 is 1.16 bits per heavy atom. The van der Waals surface area contributed by atoms with Gasteiger partial charge in [-0.3, -0.25) is 4.79 Å². The number of urea groups is 1. The minimum absolute atomic E-state index is 0.0635. The van der Waals surface area contributed by atoms with Crippen LogP contribution >= 0.6 is 0 Å². The highest BCUT2D eigenvalue weighted by Gasteiger charge is 2.32. The number of carbonyl (C=O) groups excluding carboxylic acids is 2. The average Bonchev–Trinajstić information content (AvgIpc) is 3.71. The van der Waals surface area contributed by atoms with Gasteiger partial charge in [0.25, 0.3) is 0 Å². The van der Waals surface area contributed by atoms with Crippen molar-refractivity contribution in [1.82, 2.24) is 9.80 Å². The smallest absolute Gasteiger partial charge is 0.323 e. The third-order valence-electron chi connectivity index (χ3n) is 7.28. The van der Waals surface area contributed by atoms with Crippen LogP contribution in [0.5, 0.6) is 11.5 Å². The summed E-state index contributed by atoms with van der Waals surface area (Å²) in [6.45, 7) is 6.15. The summed E-state index contributed by atoms with van der Waals surface area (Å²) >= 11 is 0. The average molecular weight is 525 g/mol. The first kappa shape index (κ1) is 27.7. The topological polar surface area (TPSA) is 103 Å². The van der Waals surface area contributed by atoms with E-state index < -0.39 is 6.03 Å². The van der Waals surface area contributed by atoms with Crippen LogP contribution in [0.4, 0.5) is 16.2 Å². The van der Waals surface area contributed by atoms with Crippen LogP contribution in [0.25, 0.3) is 0 Å². The van der Waals surface area contributed by atoms with Crippen LogP contribution in [0, 0.1) is 11.8 Å². The number of nitrogens with zero attached hydrogens (tertiary/aromatic N) is 2. The number of fused-ring (bicyclic) bond motifs is 1. The Kier molecular flexibility index (Phi) is 9.12. The molecular weight excluding hydrogens is 484 g/mol. The van der Waals surface area contributed by atoms with Gasteiger partial charge in [0.05, 0.1) is 26.2 Å². The molecule has 38 heavy (non-hydrogen) atoms. The summed E-state index contributed by atoms with van der Waals surface area (Å²) in [6.07, 6.45) is 2.56. The molecule has 4 rings (SSSR count). The van der Waals surface area contributed by atoms with Crippen LogP contribution in [0.2, 0.25) is 0 Å². The zero-order valence-corrected chi connectivity index (χ0v) is 22.8. The molecule has 3 amide bonds. The lowest BCUT2D eigenvalue weighted by Gasteiger charge is -2.34. The Bertz CT molecular complexity index is 1100. The molecule has 9 heteroatoms. The molecule has 9 nitrogen and oxygen atoms in total. The number of hydrogen-bond acceptors (Lipinski definition) is 6. The zero-order chi connectivity index (χ0) is 27.2. The standard InChI is InChI=1S/C29H40N4O5/c1-19-15-33(20(2)18-34)28(35)14-22-13-24(31-29(36)30-23-7-10-25(37-4)11-8-23)9-12-26(22)38-27(19)17-32(3)16-21-5-6-21/h7-13,19-21,27,34H,5-6,14-18H2,1-4H3,(H2,30,31,36)/t19-,20-,27+/m1/s1. The first-order valence-corrected chi connectivity index (χ1v) is 13.4. The van der Waals surface area contributed by atoms with Gasteiger partial charge >= 0.3 is 6.03 Å². The van der Waals surface area contributed by atoms with Gasteiger partial charge in [-0.1, -0.05) is 6.92 Å².